The Kier molecular flexibility index (Phi) is 5.55. The molecule has 0 aliphatic heterocycles. The van der Waals surface area contributed by atoms with Crippen molar-refractivity contribution in [2.45, 2.75) is 13.0 Å². The van der Waals surface area contributed by atoms with E-state index in [9.17, 15) is 4.79 Å². The highest BCUT2D eigenvalue weighted by atomic mass is 35.5. The van der Waals surface area contributed by atoms with E-state index in [0.717, 1.165) is 12.2 Å². The molecular formula is C14H17ClN4OS. The Hall–Kier alpha value is -1.63. The van der Waals surface area contributed by atoms with E-state index in [1.807, 2.05) is 12.4 Å². The van der Waals surface area contributed by atoms with Gasteiger partial charge in [0.1, 0.15) is 0 Å². The van der Waals surface area contributed by atoms with E-state index in [2.05, 4.69) is 15.2 Å². The highest BCUT2D eigenvalue weighted by molar-refractivity contribution is 7.07. The Morgan fingerprint density at radius 1 is 1.52 bits per heavy atom. The number of amides is 1. The van der Waals surface area contributed by atoms with Crippen LogP contribution in [0.4, 0.5) is 11.4 Å². The molecule has 0 unspecified atom stereocenters. The number of aromatic nitrogens is 1. The van der Waals surface area contributed by atoms with E-state index in [4.69, 9.17) is 17.3 Å². The number of nitrogens with zero attached hydrogens (tertiary/aromatic N) is 2. The average Bonchev–Trinajstić information content (AvgIpc) is 2.93. The summed E-state index contributed by atoms with van der Waals surface area (Å²) in [5.41, 5.74) is 9.67. The Morgan fingerprint density at radius 3 is 3.05 bits per heavy atom. The van der Waals surface area contributed by atoms with Crippen molar-refractivity contribution < 1.29 is 4.79 Å². The fourth-order valence-corrected chi connectivity index (χ4v) is 2.53. The summed E-state index contributed by atoms with van der Waals surface area (Å²) >= 11 is 7.45. The summed E-state index contributed by atoms with van der Waals surface area (Å²) in [7, 11) is 1.96. The second-order valence-electron chi connectivity index (χ2n) is 4.75. The van der Waals surface area contributed by atoms with Crippen molar-refractivity contribution in [2.75, 3.05) is 24.6 Å². The van der Waals surface area contributed by atoms with Gasteiger partial charge in [0.2, 0.25) is 5.91 Å². The number of hydrogen-bond acceptors (Lipinski definition) is 5. The minimum atomic E-state index is -0.0888. The number of nitrogens with two attached hydrogens (primary N) is 1. The van der Waals surface area contributed by atoms with Gasteiger partial charge in [0.25, 0.3) is 0 Å². The molecule has 1 aromatic heterocycles. The van der Waals surface area contributed by atoms with Crippen molar-refractivity contribution in [3.8, 4) is 0 Å². The number of nitrogens with one attached hydrogen (secondary N) is 1. The molecule has 0 spiro atoms. The maximum absolute atomic E-state index is 11.9. The van der Waals surface area contributed by atoms with E-state index in [1.165, 1.54) is 0 Å². The van der Waals surface area contributed by atoms with Crippen molar-refractivity contribution in [1.82, 2.24) is 9.88 Å². The van der Waals surface area contributed by atoms with Crippen molar-refractivity contribution >= 4 is 40.2 Å². The first-order valence-corrected chi connectivity index (χ1v) is 7.77. The first-order chi connectivity index (χ1) is 10.0. The number of carbonyl (C=O) groups excluding carboxylic acids is 1. The van der Waals surface area contributed by atoms with Gasteiger partial charge in [0, 0.05) is 29.9 Å². The van der Waals surface area contributed by atoms with Crippen LogP contribution in [0, 0.1) is 0 Å². The lowest BCUT2D eigenvalue weighted by Gasteiger charge is -2.15. The highest BCUT2D eigenvalue weighted by Gasteiger charge is 2.08. The minimum absolute atomic E-state index is 0.0888. The number of anilines is 2. The van der Waals surface area contributed by atoms with Gasteiger partial charge >= 0.3 is 0 Å². The number of nitrogen functional groups attached to an aromatic ring is 1. The Balaban J connectivity index is 1.80. The van der Waals surface area contributed by atoms with Crippen LogP contribution in [0.15, 0.2) is 29.1 Å². The molecule has 5 nitrogen and oxygen atoms in total. The zero-order valence-electron chi connectivity index (χ0n) is 11.7. The summed E-state index contributed by atoms with van der Waals surface area (Å²) < 4.78 is 0. The molecule has 0 fully saturated rings. The Labute approximate surface area is 132 Å². The normalized spacial score (nSPS) is 10.8. The standard InChI is InChI=1S/C14H17ClN4OS/c1-19(7-11-8-21-9-17-11)5-4-14(20)18-13-6-10(15)2-3-12(13)16/h2-3,6,8-9H,4-5,7,16H2,1H3,(H,18,20). The zero-order chi connectivity index (χ0) is 15.2. The van der Waals surface area contributed by atoms with Crippen LogP contribution in [0.3, 0.4) is 0 Å². The number of benzene rings is 1. The average molecular weight is 325 g/mol. The number of hydrogen-bond donors (Lipinski definition) is 2. The lowest BCUT2D eigenvalue weighted by molar-refractivity contribution is -0.116. The molecule has 21 heavy (non-hydrogen) atoms. The topological polar surface area (TPSA) is 71.2 Å². The molecule has 0 bridgehead atoms. The SMILES string of the molecule is CN(CCC(=O)Nc1cc(Cl)ccc1N)Cc1cscn1. The summed E-state index contributed by atoms with van der Waals surface area (Å²) in [5.74, 6) is -0.0888. The Bertz CT molecular complexity index is 603. The predicted octanol–water partition coefficient (Wildman–Crippen LogP) is 2.84. The maximum atomic E-state index is 11.9. The van der Waals surface area contributed by atoms with Gasteiger partial charge in [-0.25, -0.2) is 4.98 Å². The molecule has 2 aromatic rings. The van der Waals surface area contributed by atoms with Gasteiger partial charge in [-0.15, -0.1) is 11.3 Å². The second kappa shape index (κ2) is 7.40. The molecule has 0 saturated heterocycles. The summed E-state index contributed by atoms with van der Waals surface area (Å²) in [6.07, 6.45) is 0.382. The van der Waals surface area contributed by atoms with E-state index in [1.54, 1.807) is 35.0 Å². The van der Waals surface area contributed by atoms with Gasteiger partial charge in [-0.3, -0.25) is 4.79 Å². The molecule has 0 radical (unpaired) electrons. The summed E-state index contributed by atoms with van der Waals surface area (Å²) in [5, 5.41) is 5.32. The molecular weight excluding hydrogens is 308 g/mol. The molecule has 0 aliphatic rings. The molecule has 1 aromatic carbocycles. The predicted molar refractivity (Wildman–Crippen MR) is 87.6 cm³/mol. The fraction of sp³-hybridized carbons (Fsp3) is 0.286. The van der Waals surface area contributed by atoms with Gasteiger partial charge in [0.15, 0.2) is 0 Å². The molecule has 7 heteroatoms. The molecule has 112 valence electrons. The van der Waals surface area contributed by atoms with E-state index in [0.29, 0.717) is 29.4 Å². The van der Waals surface area contributed by atoms with Gasteiger partial charge < -0.3 is 16.0 Å². The smallest absolute Gasteiger partial charge is 0.225 e. The number of rotatable bonds is 6. The van der Waals surface area contributed by atoms with Crippen LogP contribution in [0.2, 0.25) is 5.02 Å². The third-order valence-corrected chi connectivity index (χ3v) is 3.80. The zero-order valence-corrected chi connectivity index (χ0v) is 13.2. The van der Waals surface area contributed by atoms with Gasteiger partial charge in [0.05, 0.1) is 22.6 Å². The van der Waals surface area contributed by atoms with Crippen molar-refractivity contribution in [3.05, 3.63) is 39.8 Å². The second-order valence-corrected chi connectivity index (χ2v) is 5.90. The van der Waals surface area contributed by atoms with E-state index in [-0.39, 0.29) is 5.91 Å². The lowest BCUT2D eigenvalue weighted by Crippen LogP contribution is -2.24. The molecule has 1 heterocycles. The lowest BCUT2D eigenvalue weighted by atomic mass is 10.2. The van der Waals surface area contributed by atoms with E-state index >= 15 is 0 Å². The fourth-order valence-electron chi connectivity index (χ4n) is 1.81. The van der Waals surface area contributed by atoms with Crippen LogP contribution < -0.4 is 11.1 Å². The number of thiazole rings is 1. The molecule has 0 atom stereocenters. The van der Waals surface area contributed by atoms with Crippen LogP contribution in [0.1, 0.15) is 12.1 Å². The minimum Gasteiger partial charge on any atom is -0.397 e. The third kappa shape index (κ3) is 5.00. The van der Waals surface area contributed by atoms with Crippen LogP contribution in [0.25, 0.3) is 0 Å². The van der Waals surface area contributed by atoms with Crippen LogP contribution >= 0.6 is 22.9 Å². The molecule has 3 N–H and O–H groups in total. The molecule has 1 amide bonds. The largest absolute Gasteiger partial charge is 0.397 e. The van der Waals surface area contributed by atoms with Crippen molar-refractivity contribution in [3.63, 3.8) is 0 Å². The Morgan fingerprint density at radius 2 is 2.33 bits per heavy atom. The molecule has 2 rings (SSSR count). The highest BCUT2D eigenvalue weighted by Crippen LogP contribution is 2.22. The van der Waals surface area contributed by atoms with Crippen LogP contribution in [-0.2, 0) is 11.3 Å². The van der Waals surface area contributed by atoms with Gasteiger partial charge in [-0.1, -0.05) is 11.6 Å². The van der Waals surface area contributed by atoms with Crippen LogP contribution in [0.5, 0.6) is 0 Å². The quantitative estimate of drug-likeness (QED) is 0.801. The van der Waals surface area contributed by atoms with Gasteiger partial charge in [-0.2, -0.15) is 0 Å². The molecule has 0 aliphatic carbocycles. The third-order valence-electron chi connectivity index (χ3n) is 2.93. The first-order valence-electron chi connectivity index (χ1n) is 6.45. The number of carbonyl (C=O) groups is 1. The van der Waals surface area contributed by atoms with Crippen molar-refractivity contribution in [2.24, 2.45) is 0 Å². The maximum Gasteiger partial charge on any atom is 0.225 e. The molecule has 0 saturated carbocycles. The summed E-state index contributed by atoms with van der Waals surface area (Å²) in [4.78, 5) is 18.2. The summed E-state index contributed by atoms with van der Waals surface area (Å²) in [6.45, 7) is 1.37. The number of halogens is 1. The van der Waals surface area contributed by atoms with Crippen molar-refractivity contribution in [1.29, 1.82) is 0 Å². The monoisotopic (exact) mass is 324 g/mol. The van der Waals surface area contributed by atoms with Gasteiger partial charge in [-0.05, 0) is 25.2 Å². The van der Waals surface area contributed by atoms with E-state index < -0.39 is 0 Å². The first kappa shape index (κ1) is 15.8. The summed E-state index contributed by atoms with van der Waals surface area (Å²) in [6, 6.07) is 5.01. The van der Waals surface area contributed by atoms with Crippen LogP contribution in [-0.4, -0.2) is 29.4 Å².